The van der Waals surface area contributed by atoms with Gasteiger partial charge >= 0.3 is 11.6 Å². The van der Waals surface area contributed by atoms with E-state index in [0.29, 0.717) is 5.56 Å². The molecule has 0 bridgehead atoms. The Kier molecular flexibility index (Phi) is 2.66. The maximum atomic E-state index is 12.0. The zero-order chi connectivity index (χ0) is 11.9. The van der Waals surface area contributed by atoms with Gasteiger partial charge in [-0.1, -0.05) is 15.9 Å². The minimum absolute atomic E-state index is 0.0276. The van der Waals surface area contributed by atoms with Crippen LogP contribution in [0.1, 0.15) is 19.4 Å². The molecule has 5 heteroatoms. The van der Waals surface area contributed by atoms with Crippen molar-refractivity contribution in [2.75, 3.05) is 4.90 Å². The van der Waals surface area contributed by atoms with Gasteiger partial charge in [0.25, 0.3) is 0 Å². The predicted molar refractivity (Wildman–Crippen MR) is 64.5 cm³/mol. The van der Waals surface area contributed by atoms with E-state index in [0.717, 1.165) is 10.2 Å². The molecule has 0 N–H and O–H groups in total. The van der Waals surface area contributed by atoms with E-state index < -0.39 is 0 Å². The second kappa shape index (κ2) is 3.85. The standard InChI is InChI=1S/C11H10BrN3O/c1-6(2)15-9-5-7(12)3-4-8(9)10(14-13)11(15)16/h3-6H,1-2H3. The van der Waals surface area contributed by atoms with Crippen LogP contribution in [0.4, 0.5) is 5.69 Å². The lowest BCUT2D eigenvalue weighted by Crippen LogP contribution is -2.36. The largest absolute Gasteiger partial charge is 0.389 e. The van der Waals surface area contributed by atoms with Crippen molar-refractivity contribution in [3.05, 3.63) is 33.8 Å². The molecule has 0 saturated heterocycles. The van der Waals surface area contributed by atoms with Gasteiger partial charge in [-0.05, 0) is 32.0 Å². The number of benzene rings is 1. The monoisotopic (exact) mass is 279 g/mol. The van der Waals surface area contributed by atoms with Crippen LogP contribution in [0.25, 0.3) is 5.53 Å². The van der Waals surface area contributed by atoms with Crippen molar-refractivity contribution in [1.82, 2.24) is 0 Å². The van der Waals surface area contributed by atoms with Crippen LogP contribution < -0.4 is 4.90 Å². The molecule has 0 saturated carbocycles. The van der Waals surface area contributed by atoms with Gasteiger partial charge in [0.05, 0.1) is 11.3 Å². The van der Waals surface area contributed by atoms with E-state index in [2.05, 4.69) is 20.7 Å². The minimum atomic E-state index is -0.259. The number of halogens is 1. The number of nitrogens with zero attached hydrogens (tertiary/aromatic N) is 3. The van der Waals surface area contributed by atoms with Crippen LogP contribution in [-0.2, 0) is 4.79 Å². The Bertz CT molecular complexity index is 518. The number of amides is 1. The molecule has 0 unspecified atom stereocenters. The van der Waals surface area contributed by atoms with Crippen LogP contribution in [0.2, 0.25) is 0 Å². The van der Waals surface area contributed by atoms with E-state index in [-0.39, 0.29) is 17.7 Å². The third-order valence-electron chi connectivity index (χ3n) is 2.51. The fraction of sp³-hybridized carbons (Fsp3) is 0.273. The Morgan fingerprint density at radius 1 is 1.44 bits per heavy atom. The second-order valence-corrected chi connectivity index (χ2v) is 4.79. The topological polar surface area (TPSA) is 56.7 Å². The lowest BCUT2D eigenvalue weighted by Gasteiger charge is -2.20. The molecule has 0 radical (unpaired) electrons. The van der Waals surface area contributed by atoms with Crippen molar-refractivity contribution in [1.29, 1.82) is 0 Å². The van der Waals surface area contributed by atoms with Gasteiger partial charge in [0.15, 0.2) is 0 Å². The first-order valence-corrected chi connectivity index (χ1v) is 5.71. The second-order valence-electron chi connectivity index (χ2n) is 3.88. The minimum Gasteiger partial charge on any atom is -0.361 e. The first-order chi connectivity index (χ1) is 7.56. The van der Waals surface area contributed by atoms with E-state index in [9.17, 15) is 4.79 Å². The number of rotatable bonds is 1. The first kappa shape index (κ1) is 11.0. The Labute approximate surface area is 102 Å². The molecule has 1 heterocycles. The van der Waals surface area contributed by atoms with Gasteiger partial charge < -0.3 is 5.53 Å². The van der Waals surface area contributed by atoms with Gasteiger partial charge in [-0.2, -0.15) is 4.79 Å². The summed E-state index contributed by atoms with van der Waals surface area (Å²) in [7, 11) is 0. The normalized spacial score (nSPS) is 14.4. The number of hydrogen-bond acceptors (Lipinski definition) is 1. The molecule has 4 nitrogen and oxygen atoms in total. The SMILES string of the molecule is CC(C)N1C(=O)C(=[N+]=[N-])c2ccc(Br)cc21. The maximum absolute atomic E-state index is 12.0. The van der Waals surface area contributed by atoms with Crippen LogP contribution >= 0.6 is 15.9 Å². The summed E-state index contributed by atoms with van der Waals surface area (Å²) >= 11 is 3.36. The number of carbonyl (C=O) groups is 1. The Morgan fingerprint density at radius 2 is 2.12 bits per heavy atom. The Balaban J connectivity index is 2.69. The summed E-state index contributed by atoms with van der Waals surface area (Å²) in [5.41, 5.74) is 10.4. The molecular formula is C11H10BrN3O. The Hall–Kier alpha value is -1.45. The van der Waals surface area contributed by atoms with Gasteiger partial charge in [-0.3, -0.25) is 9.69 Å². The van der Waals surface area contributed by atoms with E-state index >= 15 is 0 Å². The molecular weight excluding hydrogens is 270 g/mol. The maximum Gasteiger partial charge on any atom is 0.389 e. The van der Waals surface area contributed by atoms with Crippen molar-refractivity contribution in [3.63, 3.8) is 0 Å². The van der Waals surface area contributed by atoms with Crippen LogP contribution in [-0.4, -0.2) is 22.5 Å². The van der Waals surface area contributed by atoms with Crippen molar-refractivity contribution in [2.24, 2.45) is 0 Å². The zero-order valence-electron chi connectivity index (χ0n) is 8.94. The Morgan fingerprint density at radius 3 is 2.69 bits per heavy atom. The molecule has 1 aliphatic heterocycles. The summed E-state index contributed by atoms with van der Waals surface area (Å²) in [5.74, 6) is -0.259. The van der Waals surface area contributed by atoms with Crippen LogP contribution in [0.3, 0.4) is 0 Å². The number of carbonyl (C=O) groups excluding carboxylic acids is 1. The van der Waals surface area contributed by atoms with Gasteiger partial charge in [-0.15, -0.1) is 0 Å². The lowest BCUT2D eigenvalue weighted by molar-refractivity contribution is -0.116. The molecule has 1 aliphatic rings. The summed E-state index contributed by atoms with van der Waals surface area (Å²) in [6.45, 7) is 3.84. The summed E-state index contributed by atoms with van der Waals surface area (Å²) in [6, 6.07) is 5.47. The molecule has 0 aromatic heterocycles. The van der Waals surface area contributed by atoms with Crippen LogP contribution in [0.15, 0.2) is 22.7 Å². The fourth-order valence-corrected chi connectivity index (χ4v) is 2.20. The van der Waals surface area contributed by atoms with Crippen LogP contribution in [0.5, 0.6) is 0 Å². The highest BCUT2D eigenvalue weighted by molar-refractivity contribution is 9.10. The molecule has 2 rings (SSSR count). The van der Waals surface area contributed by atoms with Crippen molar-refractivity contribution < 1.29 is 9.58 Å². The van der Waals surface area contributed by atoms with Crippen molar-refractivity contribution >= 4 is 33.2 Å². The van der Waals surface area contributed by atoms with Gasteiger partial charge in [0.1, 0.15) is 0 Å². The molecule has 1 aromatic rings. The van der Waals surface area contributed by atoms with E-state index in [4.69, 9.17) is 5.53 Å². The van der Waals surface area contributed by atoms with Crippen molar-refractivity contribution in [3.8, 4) is 0 Å². The molecule has 16 heavy (non-hydrogen) atoms. The quantitative estimate of drug-likeness (QED) is 0.574. The van der Waals surface area contributed by atoms with Gasteiger partial charge in [-0.25, -0.2) is 0 Å². The summed E-state index contributed by atoms with van der Waals surface area (Å²) in [4.78, 5) is 16.7. The fourth-order valence-electron chi connectivity index (χ4n) is 1.85. The third-order valence-corrected chi connectivity index (χ3v) is 3.01. The van der Waals surface area contributed by atoms with E-state index in [1.807, 2.05) is 26.0 Å². The van der Waals surface area contributed by atoms with E-state index in [1.54, 1.807) is 11.0 Å². The summed E-state index contributed by atoms with van der Waals surface area (Å²) in [5, 5.41) is 0. The predicted octanol–water partition coefficient (Wildman–Crippen LogP) is 2.22. The molecule has 82 valence electrons. The highest BCUT2D eigenvalue weighted by Gasteiger charge is 2.41. The average molecular weight is 280 g/mol. The zero-order valence-corrected chi connectivity index (χ0v) is 10.5. The molecule has 1 amide bonds. The third kappa shape index (κ3) is 1.49. The number of anilines is 1. The highest BCUT2D eigenvalue weighted by atomic mass is 79.9. The number of hydrogen-bond donors (Lipinski definition) is 0. The summed E-state index contributed by atoms with van der Waals surface area (Å²) < 4.78 is 0.892. The van der Waals surface area contributed by atoms with Gasteiger partial charge in [0, 0.05) is 10.5 Å². The van der Waals surface area contributed by atoms with Gasteiger partial charge in [0.2, 0.25) is 0 Å². The lowest BCUT2D eigenvalue weighted by atomic mass is 10.1. The smallest absolute Gasteiger partial charge is 0.361 e. The molecule has 0 fully saturated rings. The van der Waals surface area contributed by atoms with Crippen LogP contribution in [0, 0.1) is 0 Å². The molecule has 0 atom stereocenters. The average Bonchev–Trinajstić information content (AvgIpc) is 2.48. The highest BCUT2D eigenvalue weighted by Crippen LogP contribution is 2.32. The van der Waals surface area contributed by atoms with Crippen molar-refractivity contribution in [2.45, 2.75) is 19.9 Å². The first-order valence-electron chi connectivity index (χ1n) is 4.91. The molecule has 0 aliphatic carbocycles. The van der Waals surface area contributed by atoms with E-state index in [1.165, 1.54) is 0 Å². The molecule has 0 spiro atoms. The summed E-state index contributed by atoms with van der Waals surface area (Å²) in [6.07, 6.45) is 0. The number of fused-ring (bicyclic) bond motifs is 1. The molecule has 1 aromatic carbocycles.